The summed E-state index contributed by atoms with van der Waals surface area (Å²) in [4.78, 5) is 7.37. The second-order valence-electron chi connectivity index (χ2n) is 17.2. The van der Waals surface area contributed by atoms with Crippen LogP contribution in [0.3, 0.4) is 0 Å². The molecule has 0 unspecified atom stereocenters. The van der Waals surface area contributed by atoms with Crippen molar-refractivity contribution in [1.82, 2.24) is 0 Å². The number of benzene rings is 11. The molecule has 310 valence electrons. The highest BCUT2D eigenvalue weighted by atomic mass is 15.2. The van der Waals surface area contributed by atoms with Gasteiger partial charge < -0.3 is 14.7 Å². The lowest BCUT2D eigenvalue weighted by Gasteiger charge is -2.45. The van der Waals surface area contributed by atoms with Crippen LogP contribution in [0.2, 0.25) is 0 Å². The van der Waals surface area contributed by atoms with Crippen LogP contribution in [0.4, 0.5) is 51.2 Å². The topological polar surface area (TPSA) is 9.72 Å². The molecule has 1 aliphatic carbocycles. The Morgan fingerprint density at radius 3 is 0.955 bits per heavy atom. The summed E-state index contributed by atoms with van der Waals surface area (Å²) < 4.78 is 0. The third-order valence-corrected chi connectivity index (χ3v) is 13.8. The number of fused-ring (bicyclic) bond motifs is 13. The summed E-state index contributed by atoms with van der Waals surface area (Å²) in [7, 11) is 0. The first-order chi connectivity index (χ1) is 32.8. The molecule has 0 atom stereocenters. The Morgan fingerprint density at radius 1 is 0.273 bits per heavy atom. The highest BCUT2D eigenvalue weighted by Gasteiger charge is 2.53. The van der Waals surface area contributed by atoms with E-state index in [0.29, 0.717) is 0 Å². The molecule has 2 aliphatic rings. The zero-order chi connectivity index (χ0) is 43.6. The van der Waals surface area contributed by atoms with Crippen molar-refractivity contribution in [3.8, 4) is 11.1 Å². The molecule has 0 radical (unpaired) electrons. The molecule has 11 aromatic rings. The molecule has 1 spiro atoms. The minimum atomic E-state index is -0.751. The summed E-state index contributed by atoms with van der Waals surface area (Å²) in [5.41, 5.74) is 17.0. The summed E-state index contributed by atoms with van der Waals surface area (Å²) >= 11 is 0. The predicted octanol–water partition coefficient (Wildman–Crippen LogP) is 17.1. The first kappa shape index (κ1) is 37.9. The van der Waals surface area contributed by atoms with Crippen LogP contribution < -0.4 is 14.7 Å². The Bertz CT molecular complexity index is 3290. The molecule has 0 N–H and O–H groups in total. The van der Waals surface area contributed by atoms with Gasteiger partial charge >= 0.3 is 0 Å². The molecule has 0 fully saturated rings. The Hall–Kier alpha value is -8.66. The maximum Gasteiger partial charge on any atom is 0.0756 e. The van der Waals surface area contributed by atoms with E-state index < -0.39 is 5.41 Å². The second-order valence-corrected chi connectivity index (χ2v) is 17.2. The van der Waals surface area contributed by atoms with E-state index in [1.54, 1.807) is 0 Å². The van der Waals surface area contributed by atoms with Crippen molar-refractivity contribution in [2.24, 2.45) is 0 Å². The molecular formula is C63H43N3. The van der Waals surface area contributed by atoms with E-state index in [2.05, 4.69) is 276 Å². The first-order valence-electron chi connectivity index (χ1n) is 22.8. The van der Waals surface area contributed by atoms with Gasteiger partial charge in [0.25, 0.3) is 0 Å². The van der Waals surface area contributed by atoms with Crippen LogP contribution in [-0.4, -0.2) is 0 Å². The highest BCUT2D eigenvalue weighted by molar-refractivity contribution is 6.19. The Kier molecular flexibility index (Phi) is 8.75. The minimum absolute atomic E-state index is 0.751. The zero-order valence-corrected chi connectivity index (χ0v) is 36.2. The van der Waals surface area contributed by atoms with Crippen LogP contribution in [0, 0.1) is 0 Å². The van der Waals surface area contributed by atoms with Crippen molar-refractivity contribution in [2.45, 2.75) is 5.41 Å². The summed E-state index contributed by atoms with van der Waals surface area (Å²) in [6.07, 6.45) is 0. The van der Waals surface area contributed by atoms with E-state index in [4.69, 9.17) is 0 Å². The second kappa shape index (κ2) is 15.3. The molecule has 0 aromatic heterocycles. The van der Waals surface area contributed by atoms with Gasteiger partial charge in [-0.3, -0.25) is 0 Å². The lowest BCUT2D eigenvalue weighted by molar-refractivity contribution is 0.753. The van der Waals surface area contributed by atoms with Gasteiger partial charge in [0.15, 0.2) is 0 Å². The van der Waals surface area contributed by atoms with Gasteiger partial charge in [0, 0.05) is 39.2 Å². The van der Waals surface area contributed by atoms with Crippen LogP contribution in [0.15, 0.2) is 261 Å². The van der Waals surface area contributed by atoms with Gasteiger partial charge in [-0.05, 0) is 129 Å². The van der Waals surface area contributed by atoms with Crippen molar-refractivity contribution in [3.05, 3.63) is 283 Å². The van der Waals surface area contributed by atoms with Crippen molar-refractivity contribution in [1.29, 1.82) is 0 Å². The van der Waals surface area contributed by atoms with Crippen LogP contribution in [0.5, 0.6) is 0 Å². The molecular weight excluding hydrogens is 799 g/mol. The van der Waals surface area contributed by atoms with Gasteiger partial charge in [0.05, 0.1) is 28.2 Å². The van der Waals surface area contributed by atoms with E-state index in [-0.39, 0.29) is 0 Å². The minimum Gasteiger partial charge on any atom is -0.310 e. The van der Waals surface area contributed by atoms with Crippen molar-refractivity contribution in [3.63, 3.8) is 0 Å². The molecule has 0 saturated heterocycles. The Labute approximate surface area is 385 Å². The average Bonchev–Trinajstić information content (AvgIpc) is 3.68. The Morgan fingerprint density at radius 2 is 0.576 bits per heavy atom. The first-order valence-corrected chi connectivity index (χ1v) is 22.8. The molecule has 3 heteroatoms. The summed E-state index contributed by atoms with van der Waals surface area (Å²) in [6, 6.07) is 95.8. The van der Waals surface area contributed by atoms with Gasteiger partial charge in [-0.2, -0.15) is 0 Å². The monoisotopic (exact) mass is 841 g/mol. The quantitative estimate of drug-likeness (QED) is 0.158. The molecule has 11 aromatic carbocycles. The number of hydrogen-bond acceptors (Lipinski definition) is 3. The number of anilines is 9. The van der Waals surface area contributed by atoms with Crippen molar-refractivity contribution >= 4 is 72.7 Å². The number of para-hydroxylation sites is 7. The SMILES string of the molecule is c1ccc(N2c3ccccc3C3(c4ccccc42)c2cc(N(c4ccccc4)c4ccccc4)c4ccccc4c2-c2c3cc(N(c3ccccc3)c3ccccc3)c3ccccc23)cc1. The fourth-order valence-electron chi connectivity index (χ4n) is 11.2. The van der Waals surface area contributed by atoms with Gasteiger partial charge in [-0.25, -0.2) is 0 Å². The van der Waals surface area contributed by atoms with Crippen molar-refractivity contribution in [2.75, 3.05) is 14.7 Å². The lowest BCUT2D eigenvalue weighted by Crippen LogP contribution is -2.36. The van der Waals surface area contributed by atoms with Crippen molar-refractivity contribution < 1.29 is 0 Å². The van der Waals surface area contributed by atoms with Crippen LogP contribution in [-0.2, 0) is 5.41 Å². The number of rotatable bonds is 7. The zero-order valence-electron chi connectivity index (χ0n) is 36.2. The van der Waals surface area contributed by atoms with Gasteiger partial charge in [0.1, 0.15) is 0 Å². The third-order valence-electron chi connectivity index (χ3n) is 13.8. The molecule has 3 nitrogen and oxygen atoms in total. The van der Waals surface area contributed by atoms with Crippen LogP contribution in [0.1, 0.15) is 22.3 Å². The third kappa shape index (κ3) is 5.57. The standard InChI is InChI=1S/C63H43N3/c1-6-24-44(25-7-1)64(45-26-8-2-9-27-45)59-42-55-61(51-36-18-16-34-49(51)59)62-52-37-19-17-35-50(52)60(65(46-28-10-3-11-29-46)47-30-12-4-13-31-47)43-56(62)63(55)53-38-20-22-40-57(53)66(48-32-14-5-15-33-48)58-41-23-21-39-54(58)63/h1-43H. The van der Waals surface area contributed by atoms with Gasteiger partial charge in [0.2, 0.25) is 0 Å². The molecule has 0 saturated carbocycles. The van der Waals surface area contributed by atoms with E-state index in [0.717, 1.165) is 51.2 Å². The molecule has 1 heterocycles. The molecule has 66 heavy (non-hydrogen) atoms. The van der Waals surface area contributed by atoms with Crippen LogP contribution in [0.25, 0.3) is 32.7 Å². The fraction of sp³-hybridized carbons (Fsp3) is 0.0159. The largest absolute Gasteiger partial charge is 0.310 e. The number of hydrogen-bond donors (Lipinski definition) is 0. The van der Waals surface area contributed by atoms with Gasteiger partial charge in [-0.1, -0.05) is 176 Å². The van der Waals surface area contributed by atoms with Crippen LogP contribution >= 0.6 is 0 Å². The Balaban J connectivity index is 1.23. The van der Waals surface area contributed by atoms with E-state index in [1.807, 2.05) is 0 Å². The number of nitrogens with zero attached hydrogens (tertiary/aromatic N) is 3. The average molecular weight is 842 g/mol. The smallest absolute Gasteiger partial charge is 0.0756 e. The highest BCUT2D eigenvalue weighted by Crippen LogP contribution is 2.67. The van der Waals surface area contributed by atoms with E-state index >= 15 is 0 Å². The van der Waals surface area contributed by atoms with E-state index in [1.165, 1.54) is 54.9 Å². The normalized spacial score (nSPS) is 12.9. The summed E-state index contributed by atoms with van der Waals surface area (Å²) in [5.74, 6) is 0. The predicted molar refractivity (Wildman–Crippen MR) is 276 cm³/mol. The lowest BCUT2D eigenvalue weighted by atomic mass is 9.64. The summed E-state index contributed by atoms with van der Waals surface area (Å²) in [6.45, 7) is 0. The fourth-order valence-corrected chi connectivity index (χ4v) is 11.2. The van der Waals surface area contributed by atoms with E-state index in [9.17, 15) is 0 Å². The molecule has 0 bridgehead atoms. The molecule has 1 aliphatic heterocycles. The molecule has 13 rings (SSSR count). The summed E-state index contributed by atoms with van der Waals surface area (Å²) in [5, 5.41) is 4.83. The maximum atomic E-state index is 2.55. The molecule has 0 amide bonds. The van der Waals surface area contributed by atoms with Gasteiger partial charge in [-0.15, -0.1) is 0 Å². The maximum absolute atomic E-state index is 2.55.